The average molecular weight is 387 g/mol. The summed E-state index contributed by atoms with van der Waals surface area (Å²) in [6.45, 7) is 0.246. The van der Waals surface area contributed by atoms with E-state index in [-0.39, 0.29) is 12.5 Å². The molecule has 1 amide bonds. The van der Waals surface area contributed by atoms with Crippen molar-refractivity contribution < 1.29 is 14.2 Å². The number of benzene rings is 2. The number of carbonyl (C=O) groups excluding carboxylic acids is 1. The van der Waals surface area contributed by atoms with Crippen LogP contribution < -0.4 is 10.1 Å². The minimum absolute atomic E-state index is 0.246. The van der Waals surface area contributed by atoms with Crippen LogP contribution in [-0.4, -0.2) is 21.2 Å². The van der Waals surface area contributed by atoms with Gasteiger partial charge in [0.1, 0.15) is 34.1 Å². The van der Waals surface area contributed by atoms with Crippen molar-refractivity contribution in [3.63, 3.8) is 0 Å². The molecular weight excluding hydrogens is 376 g/mol. The number of anilines is 1. The summed E-state index contributed by atoms with van der Waals surface area (Å²) in [6.07, 6.45) is 0. The number of amides is 1. The van der Waals surface area contributed by atoms with Crippen LogP contribution in [0.2, 0.25) is 5.02 Å². The van der Waals surface area contributed by atoms with Gasteiger partial charge in [0.2, 0.25) is 0 Å². The Balaban J connectivity index is 1.39. The van der Waals surface area contributed by atoms with Gasteiger partial charge in [0.15, 0.2) is 0 Å². The number of fused-ring (bicyclic) bond motifs is 1. The number of nitrogens with one attached hydrogen (secondary N) is 1. The molecule has 2 aromatic carbocycles. The highest BCUT2D eigenvalue weighted by Gasteiger charge is 2.12. The molecule has 2 heterocycles. The van der Waals surface area contributed by atoms with Crippen molar-refractivity contribution in [2.45, 2.75) is 6.61 Å². The third-order valence-electron chi connectivity index (χ3n) is 3.47. The number of carbonyl (C=O) groups is 1. The van der Waals surface area contributed by atoms with Gasteiger partial charge in [-0.2, -0.15) is 0 Å². The third kappa shape index (κ3) is 3.66. The predicted molar refractivity (Wildman–Crippen MR) is 97.7 cm³/mol. The molecule has 4 aromatic rings. The molecule has 4 rings (SSSR count). The second kappa shape index (κ2) is 7.11. The standard InChI is InChI=1S/C17H11ClN4O3S/c18-10-1-3-11(4-2-10)19-17(23)15-9-26-16(20-15)8-24-12-5-6-13-14(7-12)22-25-21-13/h1-7,9H,8H2,(H,19,23). The monoisotopic (exact) mass is 386 g/mol. The van der Waals surface area contributed by atoms with E-state index in [9.17, 15) is 4.79 Å². The van der Waals surface area contributed by atoms with E-state index in [1.165, 1.54) is 11.3 Å². The van der Waals surface area contributed by atoms with Crippen LogP contribution in [0.1, 0.15) is 15.5 Å². The van der Waals surface area contributed by atoms with Gasteiger partial charge in [0, 0.05) is 22.2 Å². The summed E-state index contributed by atoms with van der Waals surface area (Å²) in [5.74, 6) is 0.334. The van der Waals surface area contributed by atoms with Crippen molar-refractivity contribution in [1.82, 2.24) is 15.3 Å². The molecule has 130 valence electrons. The van der Waals surface area contributed by atoms with E-state index in [4.69, 9.17) is 16.3 Å². The van der Waals surface area contributed by atoms with Crippen molar-refractivity contribution in [3.8, 4) is 5.75 Å². The van der Waals surface area contributed by atoms with Gasteiger partial charge < -0.3 is 10.1 Å². The number of ether oxygens (including phenoxy) is 1. The Hall–Kier alpha value is -2.97. The number of nitrogens with zero attached hydrogens (tertiary/aromatic N) is 3. The lowest BCUT2D eigenvalue weighted by Gasteiger charge is -2.03. The zero-order chi connectivity index (χ0) is 17.9. The first kappa shape index (κ1) is 16.5. The second-order valence-corrected chi connectivity index (χ2v) is 6.67. The molecule has 0 aliphatic rings. The molecule has 0 bridgehead atoms. The molecule has 0 aliphatic carbocycles. The quantitative estimate of drug-likeness (QED) is 0.553. The Morgan fingerprint density at radius 3 is 2.81 bits per heavy atom. The average Bonchev–Trinajstić information content (AvgIpc) is 3.30. The number of hydrogen-bond acceptors (Lipinski definition) is 7. The van der Waals surface area contributed by atoms with Crippen LogP contribution in [-0.2, 0) is 6.61 Å². The Morgan fingerprint density at radius 1 is 1.15 bits per heavy atom. The molecule has 0 spiro atoms. The van der Waals surface area contributed by atoms with Crippen LogP contribution in [0, 0.1) is 0 Å². The van der Waals surface area contributed by atoms with Crippen LogP contribution in [0.4, 0.5) is 5.69 Å². The van der Waals surface area contributed by atoms with Crippen molar-refractivity contribution in [2.75, 3.05) is 5.32 Å². The SMILES string of the molecule is O=C(Nc1ccc(Cl)cc1)c1csc(COc2ccc3nonc3c2)n1. The molecule has 1 N–H and O–H groups in total. The summed E-state index contributed by atoms with van der Waals surface area (Å²) in [4.78, 5) is 16.5. The van der Waals surface area contributed by atoms with E-state index in [1.807, 2.05) is 0 Å². The van der Waals surface area contributed by atoms with Crippen molar-refractivity contribution in [1.29, 1.82) is 0 Å². The minimum atomic E-state index is -0.287. The Labute approximate surface area is 156 Å². The van der Waals surface area contributed by atoms with E-state index in [1.54, 1.807) is 47.8 Å². The molecule has 0 aliphatic heterocycles. The number of halogens is 1. The van der Waals surface area contributed by atoms with Gasteiger partial charge >= 0.3 is 0 Å². The van der Waals surface area contributed by atoms with Gasteiger partial charge in [-0.05, 0) is 46.7 Å². The summed E-state index contributed by atoms with van der Waals surface area (Å²) in [7, 11) is 0. The maximum atomic E-state index is 12.2. The number of thiazole rings is 1. The first-order chi connectivity index (χ1) is 12.7. The van der Waals surface area contributed by atoms with Crippen LogP contribution in [0.15, 0.2) is 52.5 Å². The van der Waals surface area contributed by atoms with Crippen LogP contribution in [0.3, 0.4) is 0 Å². The number of rotatable bonds is 5. The maximum Gasteiger partial charge on any atom is 0.275 e. The fourth-order valence-corrected chi connectivity index (χ4v) is 3.02. The molecule has 26 heavy (non-hydrogen) atoms. The van der Waals surface area contributed by atoms with Gasteiger partial charge in [-0.25, -0.2) is 9.61 Å². The van der Waals surface area contributed by atoms with Gasteiger partial charge in [-0.15, -0.1) is 11.3 Å². The van der Waals surface area contributed by atoms with Crippen molar-refractivity contribution in [2.24, 2.45) is 0 Å². The van der Waals surface area contributed by atoms with E-state index < -0.39 is 0 Å². The topological polar surface area (TPSA) is 90.1 Å². The predicted octanol–water partition coefficient (Wildman–Crippen LogP) is 4.16. The number of hydrogen-bond donors (Lipinski definition) is 1. The van der Waals surface area contributed by atoms with E-state index >= 15 is 0 Å². The third-order valence-corrected chi connectivity index (χ3v) is 4.55. The second-order valence-electron chi connectivity index (χ2n) is 5.29. The zero-order valence-corrected chi connectivity index (χ0v) is 14.8. The number of aromatic nitrogens is 3. The highest BCUT2D eigenvalue weighted by molar-refractivity contribution is 7.09. The van der Waals surface area contributed by atoms with Gasteiger partial charge in [0.25, 0.3) is 5.91 Å². The summed E-state index contributed by atoms with van der Waals surface area (Å²) >= 11 is 7.18. The first-order valence-corrected chi connectivity index (χ1v) is 8.79. The van der Waals surface area contributed by atoms with Gasteiger partial charge in [-0.3, -0.25) is 4.79 Å². The lowest BCUT2D eigenvalue weighted by molar-refractivity contribution is 0.102. The molecule has 2 aromatic heterocycles. The Morgan fingerprint density at radius 2 is 1.96 bits per heavy atom. The molecule has 0 saturated heterocycles. The molecule has 0 saturated carbocycles. The lowest BCUT2D eigenvalue weighted by atomic mass is 10.3. The van der Waals surface area contributed by atoms with Crippen molar-refractivity contribution in [3.05, 3.63) is 63.6 Å². The smallest absolute Gasteiger partial charge is 0.275 e. The van der Waals surface area contributed by atoms with E-state index in [2.05, 4.69) is 25.2 Å². The molecule has 7 nitrogen and oxygen atoms in total. The maximum absolute atomic E-state index is 12.2. The molecule has 0 unspecified atom stereocenters. The summed E-state index contributed by atoms with van der Waals surface area (Å²) in [5, 5.41) is 13.3. The normalized spacial score (nSPS) is 10.8. The molecule has 0 radical (unpaired) electrons. The van der Waals surface area contributed by atoms with Crippen LogP contribution in [0.25, 0.3) is 11.0 Å². The van der Waals surface area contributed by atoms with Crippen molar-refractivity contribution >= 4 is 45.6 Å². The Bertz CT molecular complexity index is 1060. The van der Waals surface area contributed by atoms with Crippen LogP contribution in [0.5, 0.6) is 5.75 Å². The van der Waals surface area contributed by atoms with Crippen LogP contribution >= 0.6 is 22.9 Å². The highest BCUT2D eigenvalue weighted by Crippen LogP contribution is 2.20. The lowest BCUT2D eigenvalue weighted by Crippen LogP contribution is -2.12. The molecule has 0 fully saturated rings. The molecule has 0 atom stereocenters. The van der Waals surface area contributed by atoms with E-state index in [0.717, 1.165) is 0 Å². The molecular formula is C17H11ClN4O3S. The molecule has 9 heteroatoms. The summed E-state index contributed by atoms with van der Waals surface area (Å²) < 4.78 is 10.3. The summed E-state index contributed by atoms with van der Waals surface area (Å²) in [6, 6.07) is 12.1. The largest absolute Gasteiger partial charge is 0.486 e. The fraction of sp³-hybridized carbons (Fsp3) is 0.0588. The minimum Gasteiger partial charge on any atom is -0.486 e. The summed E-state index contributed by atoms with van der Waals surface area (Å²) in [5.41, 5.74) is 2.26. The first-order valence-electron chi connectivity index (χ1n) is 7.54. The van der Waals surface area contributed by atoms with E-state index in [0.29, 0.717) is 38.2 Å². The zero-order valence-electron chi connectivity index (χ0n) is 13.2. The van der Waals surface area contributed by atoms with Gasteiger partial charge in [0.05, 0.1) is 0 Å². The highest BCUT2D eigenvalue weighted by atomic mass is 35.5. The fourth-order valence-electron chi connectivity index (χ4n) is 2.21. The van der Waals surface area contributed by atoms with Gasteiger partial charge in [-0.1, -0.05) is 11.6 Å². The Kier molecular flexibility index (Phi) is 4.51.